The summed E-state index contributed by atoms with van der Waals surface area (Å²) in [6.07, 6.45) is 5.07. The first-order valence-electron chi connectivity index (χ1n) is 5.00. The molecule has 1 heterocycles. The second-order valence-electron chi connectivity index (χ2n) is 3.72. The number of phenolic OH excluding ortho intramolecular Hbond substituents is 1. The molecule has 88 valence electrons. The van der Waals surface area contributed by atoms with Gasteiger partial charge in [-0.3, -0.25) is 10.5 Å². The minimum atomic E-state index is -1.40. The fourth-order valence-corrected chi connectivity index (χ4v) is 1.76. The van der Waals surface area contributed by atoms with Gasteiger partial charge in [-0.2, -0.15) is 0 Å². The summed E-state index contributed by atoms with van der Waals surface area (Å²) in [5.74, 6) is -0.305. The first-order valence-corrected chi connectivity index (χ1v) is 5.00. The fraction of sp³-hybridized carbons (Fsp3) is 0.0833. The molecule has 1 aromatic rings. The van der Waals surface area contributed by atoms with E-state index in [1.165, 1.54) is 12.1 Å². The summed E-state index contributed by atoms with van der Waals surface area (Å²) in [4.78, 5) is 11.0. The number of allylic oxidation sites excluding steroid dienone is 2. The van der Waals surface area contributed by atoms with E-state index in [1.807, 2.05) is 0 Å². The maximum Gasteiger partial charge on any atom is 0.171 e. The lowest BCUT2D eigenvalue weighted by Gasteiger charge is -2.32. The Morgan fingerprint density at radius 1 is 1.35 bits per heavy atom. The lowest BCUT2D eigenvalue weighted by Crippen LogP contribution is -2.51. The first-order chi connectivity index (χ1) is 8.09. The maximum absolute atomic E-state index is 11.0. The average Bonchev–Trinajstić information content (AvgIpc) is 2.33. The van der Waals surface area contributed by atoms with Gasteiger partial charge < -0.3 is 15.5 Å². The van der Waals surface area contributed by atoms with Crippen molar-refractivity contribution in [2.24, 2.45) is 5.73 Å². The molecule has 0 saturated heterocycles. The maximum atomic E-state index is 11.0. The molecule has 1 aliphatic rings. The van der Waals surface area contributed by atoms with Crippen molar-refractivity contribution >= 4 is 6.29 Å². The van der Waals surface area contributed by atoms with Gasteiger partial charge in [0.2, 0.25) is 0 Å². The molecule has 0 fully saturated rings. The van der Waals surface area contributed by atoms with Crippen LogP contribution in [0.15, 0.2) is 42.3 Å². The lowest BCUT2D eigenvalue weighted by molar-refractivity contribution is 0.111. The number of nitrogens with two attached hydrogens (primary N) is 1. The minimum Gasteiger partial charge on any atom is -0.508 e. The predicted molar refractivity (Wildman–Crippen MR) is 62.3 cm³/mol. The average molecular weight is 232 g/mol. The normalized spacial score (nSPS) is 22.8. The van der Waals surface area contributed by atoms with E-state index in [9.17, 15) is 15.0 Å². The highest BCUT2D eigenvalue weighted by molar-refractivity contribution is 5.82. The monoisotopic (exact) mass is 232 g/mol. The molecule has 0 aliphatic carbocycles. The number of benzene rings is 1. The molecule has 0 aromatic heterocycles. The van der Waals surface area contributed by atoms with Crippen LogP contribution in [0.2, 0.25) is 0 Å². The minimum absolute atomic E-state index is 0.0535. The standard InChI is InChI=1S/C12H12N2O3/c13-12(11(17)5-2-6-14-12)9-3-1-4-10(16)8(9)7-15/h1-7,14,16-17H,13H2. The van der Waals surface area contributed by atoms with Crippen molar-refractivity contribution in [1.29, 1.82) is 0 Å². The van der Waals surface area contributed by atoms with Crippen molar-refractivity contribution in [3.05, 3.63) is 53.4 Å². The van der Waals surface area contributed by atoms with Gasteiger partial charge in [-0.15, -0.1) is 0 Å². The number of aromatic hydroxyl groups is 1. The molecule has 1 aliphatic heterocycles. The third-order valence-corrected chi connectivity index (χ3v) is 2.69. The number of aliphatic hydroxyl groups is 1. The number of dihydropyridines is 1. The summed E-state index contributed by atoms with van der Waals surface area (Å²) in [5, 5.41) is 22.2. The van der Waals surface area contributed by atoms with Crippen molar-refractivity contribution in [2.45, 2.75) is 5.66 Å². The van der Waals surface area contributed by atoms with Crippen molar-refractivity contribution in [1.82, 2.24) is 5.32 Å². The van der Waals surface area contributed by atoms with Gasteiger partial charge in [0.05, 0.1) is 5.56 Å². The van der Waals surface area contributed by atoms with Gasteiger partial charge in [-0.1, -0.05) is 12.1 Å². The van der Waals surface area contributed by atoms with Gasteiger partial charge >= 0.3 is 0 Å². The highest BCUT2D eigenvalue weighted by Gasteiger charge is 2.35. The smallest absolute Gasteiger partial charge is 0.171 e. The largest absolute Gasteiger partial charge is 0.508 e. The Hall–Kier alpha value is -2.27. The number of hydrogen-bond acceptors (Lipinski definition) is 5. The Labute approximate surface area is 97.9 Å². The summed E-state index contributed by atoms with van der Waals surface area (Å²) >= 11 is 0. The number of hydrogen-bond donors (Lipinski definition) is 4. The molecular formula is C12H12N2O3. The number of aliphatic hydroxyl groups excluding tert-OH is 1. The van der Waals surface area contributed by atoms with Gasteiger partial charge in [-0.25, -0.2) is 0 Å². The highest BCUT2D eigenvalue weighted by atomic mass is 16.3. The van der Waals surface area contributed by atoms with Gasteiger partial charge in [0.1, 0.15) is 11.5 Å². The van der Waals surface area contributed by atoms with Crippen LogP contribution >= 0.6 is 0 Å². The SMILES string of the molecule is NC1(c2cccc(O)c2C=O)NC=CC=C1O. The Kier molecular flexibility index (Phi) is 2.61. The van der Waals surface area contributed by atoms with Crippen LogP contribution in [0.3, 0.4) is 0 Å². The molecule has 17 heavy (non-hydrogen) atoms. The zero-order chi connectivity index (χ0) is 12.5. The van der Waals surface area contributed by atoms with Gasteiger partial charge in [0, 0.05) is 5.56 Å². The van der Waals surface area contributed by atoms with Crippen LogP contribution in [0.5, 0.6) is 5.75 Å². The second-order valence-corrected chi connectivity index (χ2v) is 3.72. The van der Waals surface area contributed by atoms with Crippen LogP contribution < -0.4 is 11.1 Å². The third-order valence-electron chi connectivity index (χ3n) is 2.69. The van der Waals surface area contributed by atoms with Crippen LogP contribution in [-0.2, 0) is 5.66 Å². The summed E-state index contributed by atoms with van der Waals surface area (Å²) in [5.41, 5.74) is 4.98. The fourth-order valence-electron chi connectivity index (χ4n) is 1.76. The molecule has 0 radical (unpaired) electrons. The molecule has 0 saturated carbocycles. The Balaban J connectivity index is 2.61. The molecule has 0 amide bonds. The zero-order valence-electron chi connectivity index (χ0n) is 8.92. The molecule has 5 N–H and O–H groups in total. The van der Waals surface area contributed by atoms with Gasteiger partial charge in [-0.05, 0) is 24.4 Å². The van der Waals surface area contributed by atoms with Crippen molar-refractivity contribution < 1.29 is 15.0 Å². The van der Waals surface area contributed by atoms with E-state index in [2.05, 4.69) is 5.32 Å². The number of nitrogens with one attached hydrogen (secondary N) is 1. The van der Waals surface area contributed by atoms with Crippen molar-refractivity contribution in [2.75, 3.05) is 0 Å². The molecule has 5 nitrogen and oxygen atoms in total. The summed E-state index contributed by atoms with van der Waals surface area (Å²) in [7, 11) is 0. The summed E-state index contributed by atoms with van der Waals surface area (Å²) < 4.78 is 0. The van der Waals surface area contributed by atoms with Crippen molar-refractivity contribution in [3.8, 4) is 5.75 Å². The molecular weight excluding hydrogens is 220 g/mol. The summed E-state index contributed by atoms with van der Waals surface area (Å²) in [6.45, 7) is 0. The number of carbonyl (C=O) groups excluding carboxylic acids is 1. The van der Waals surface area contributed by atoms with Crippen LogP contribution in [-0.4, -0.2) is 16.5 Å². The Morgan fingerprint density at radius 3 is 2.76 bits per heavy atom. The second kappa shape index (κ2) is 3.95. The van der Waals surface area contributed by atoms with Crippen LogP contribution in [0.25, 0.3) is 0 Å². The number of phenols is 1. The van der Waals surface area contributed by atoms with E-state index in [4.69, 9.17) is 5.73 Å². The molecule has 0 bridgehead atoms. The molecule has 0 spiro atoms. The number of aldehydes is 1. The van der Waals surface area contributed by atoms with E-state index in [-0.39, 0.29) is 17.1 Å². The van der Waals surface area contributed by atoms with Crippen LogP contribution in [0, 0.1) is 0 Å². The van der Waals surface area contributed by atoms with Crippen molar-refractivity contribution in [3.63, 3.8) is 0 Å². The quantitative estimate of drug-likeness (QED) is 0.567. The lowest BCUT2D eigenvalue weighted by atomic mass is 9.91. The molecule has 1 unspecified atom stereocenters. The zero-order valence-corrected chi connectivity index (χ0v) is 8.92. The third kappa shape index (κ3) is 1.66. The molecule has 5 heteroatoms. The Morgan fingerprint density at radius 2 is 2.12 bits per heavy atom. The van der Waals surface area contributed by atoms with E-state index in [0.717, 1.165) is 0 Å². The van der Waals surface area contributed by atoms with Gasteiger partial charge in [0.25, 0.3) is 0 Å². The van der Waals surface area contributed by atoms with E-state index in [0.29, 0.717) is 11.8 Å². The van der Waals surface area contributed by atoms with E-state index >= 15 is 0 Å². The molecule has 2 rings (SSSR count). The van der Waals surface area contributed by atoms with E-state index in [1.54, 1.807) is 24.4 Å². The first kappa shape index (κ1) is 11.2. The van der Waals surface area contributed by atoms with Gasteiger partial charge in [0.15, 0.2) is 11.9 Å². The number of rotatable bonds is 2. The number of carbonyl (C=O) groups is 1. The molecule has 1 atom stereocenters. The van der Waals surface area contributed by atoms with Crippen LogP contribution in [0.4, 0.5) is 0 Å². The Bertz CT molecular complexity index is 522. The topological polar surface area (TPSA) is 95.6 Å². The van der Waals surface area contributed by atoms with E-state index < -0.39 is 5.66 Å². The summed E-state index contributed by atoms with van der Waals surface area (Å²) in [6, 6.07) is 4.51. The predicted octanol–water partition coefficient (Wildman–Crippen LogP) is 0.875. The molecule has 1 aromatic carbocycles. The highest BCUT2D eigenvalue weighted by Crippen LogP contribution is 2.30. The van der Waals surface area contributed by atoms with Crippen LogP contribution in [0.1, 0.15) is 15.9 Å².